The largest absolute Gasteiger partial charge is 0.364 e. The van der Waals surface area contributed by atoms with E-state index in [4.69, 9.17) is 0 Å². The Labute approximate surface area is 135 Å². The van der Waals surface area contributed by atoms with E-state index in [9.17, 15) is 0 Å². The van der Waals surface area contributed by atoms with Crippen LogP contribution in [0.3, 0.4) is 0 Å². The highest BCUT2D eigenvalue weighted by molar-refractivity contribution is 6.00. The van der Waals surface area contributed by atoms with Crippen molar-refractivity contribution in [1.29, 1.82) is 0 Å². The normalized spacial score (nSPS) is 17.5. The Bertz CT molecular complexity index is 820. The maximum Gasteiger partial charge on any atom is 0.156 e. The summed E-state index contributed by atoms with van der Waals surface area (Å²) in [5.41, 5.74) is 3.29. The van der Waals surface area contributed by atoms with E-state index in [1.165, 1.54) is 5.56 Å². The fourth-order valence-corrected chi connectivity index (χ4v) is 3.11. The Morgan fingerprint density at radius 2 is 1.78 bits per heavy atom. The third kappa shape index (κ3) is 2.78. The van der Waals surface area contributed by atoms with Gasteiger partial charge in [0.15, 0.2) is 5.82 Å². The zero-order valence-corrected chi connectivity index (χ0v) is 13.2. The fraction of sp³-hybridized carbons (Fsp3) is 0.263. The van der Waals surface area contributed by atoms with E-state index in [0.29, 0.717) is 6.04 Å². The predicted molar refractivity (Wildman–Crippen MR) is 94.6 cm³/mol. The van der Waals surface area contributed by atoms with Crippen molar-refractivity contribution < 1.29 is 0 Å². The molecule has 2 heterocycles. The van der Waals surface area contributed by atoms with Gasteiger partial charge in [-0.25, -0.2) is 0 Å². The van der Waals surface area contributed by atoms with E-state index in [2.05, 4.69) is 76.3 Å². The van der Waals surface area contributed by atoms with Gasteiger partial charge < -0.3 is 10.6 Å². The summed E-state index contributed by atoms with van der Waals surface area (Å²) in [6.45, 7) is 4.14. The van der Waals surface area contributed by atoms with Crippen LogP contribution in [0.4, 0.5) is 5.82 Å². The highest BCUT2D eigenvalue weighted by Crippen LogP contribution is 2.30. The zero-order valence-electron chi connectivity index (χ0n) is 13.2. The average molecular weight is 304 g/mol. The smallest absolute Gasteiger partial charge is 0.156 e. The van der Waals surface area contributed by atoms with Gasteiger partial charge in [0, 0.05) is 28.9 Å². The van der Waals surface area contributed by atoms with Crippen LogP contribution in [0, 0.1) is 6.92 Å². The van der Waals surface area contributed by atoms with Gasteiger partial charge in [0.25, 0.3) is 0 Å². The molecule has 0 amide bonds. The van der Waals surface area contributed by atoms with E-state index in [0.717, 1.165) is 47.4 Å². The Kier molecular flexibility index (Phi) is 3.67. The van der Waals surface area contributed by atoms with Gasteiger partial charge in [0.05, 0.1) is 0 Å². The molecule has 1 saturated heterocycles. The molecule has 3 aromatic rings. The summed E-state index contributed by atoms with van der Waals surface area (Å²) >= 11 is 0. The molecule has 0 aliphatic carbocycles. The Morgan fingerprint density at radius 1 is 1.00 bits per heavy atom. The molecule has 2 N–H and O–H groups in total. The Hall–Kier alpha value is -2.46. The number of fused-ring (bicyclic) bond motifs is 1. The van der Waals surface area contributed by atoms with Crippen molar-refractivity contribution in [3.63, 3.8) is 0 Å². The van der Waals surface area contributed by atoms with Crippen molar-refractivity contribution in [2.45, 2.75) is 19.4 Å². The van der Waals surface area contributed by atoms with Gasteiger partial charge in [-0.2, -0.15) is 0 Å². The molecular weight excluding hydrogens is 284 g/mol. The number of nitrogens with zero attached hydrogens (tertiary/aromatic N) is 2. The quantitative estimate of drug-likeness (QED) is 0.779. The average Bonchev–Trinajstić information content (AvgIpc) is 3.09. The number of benzene rings is 2. The molecular formula is C19H20N4. The lowest BCUT2D eigenvalue weighted by atomic mass is 10.0. The van der Waals surface area contributed by atoms with Crippen molar-refractivity contribution in [2.75, 3.05) is 18.4 Å². The van der Waals surface area contributed by atoms with E-state index < -0.39 is 0 Å². The molecule has 116 valence electrons. The first-order valence-corrected chi connectivity index (χ1v) is 8.11. The molecule has 0 bridgehead atoms. The summed E-state index contributed by atoms with van der Waals surface area (Å²) in [5, 5.41) is 18.2. The lowest BCUT2D eigenvalue weighted by molar-refractivity contribution is 0.785. The van der Waals surface area contributed by atoms with Gasteiger partial charge in [0.2, 0.25) is 0 Å². The number of aryl methyl sites for hydroxylation is 1. The van der Waals surface area contributed by atoms with E-state index >= 15 is 0 Å². The molecule has 4 rings (SSSR count). The van der Waals surface area contributed by atoms with Gasteiger partial charge in [-0.05, 0) is 19.9 Å². The molecule has 1 fully saturated rings. The first kappa shape index (κ1) is 14.2. The molecule has 4 nitrogen and oxygen atoms in total. The lowest BCUT2D eigenvalue weighted by Crippen LogP contribution is -2.23. The molecule has 2 aromatic carbocycles. The highest BCUT2D eigenvalue weighted by atomic mass is 15.2. The van der Waals surface area contributed by atoms with Gasteiger partial charge in [0.1, 0.15) is 5.69 Å². The second-order valence-electron chi connectivity index (χ2n) is 6.14. The number of hydrogen-bond acceptors (Lipinski definition) is 4. The van der Waals surface area contributed by atoms with Gasteiger partial charge in [-0.15, -0.1) is 10.2 Å². The summed E-state index contributed by atoms with van der Waals surface area (Å²) < 4.78 is 0. The number of aromatic nitrogens is 2. The third-order valence-corrected chi connectivity index (χ3v) is 4.41. The molecule has 0 spiro atoms. The number of hydrogen-bond donors (Lipinski definition) is 2. The second-order valence-corrected chi connectivity index (χ2v) is 6.14. The standard InChI is InChI=1S/C19H20N4/c1-13-6-8-14(9-7-13)18-16-4-2-3-5-17(16)19(23-22-18)21-15-10-11-20-12-15/h2-9,15,20H,10-12H2,1H3,(H,21,23). The van der Waals surface area contributed by atoms with Crippen molar-refractivity contribution in [1.82, 2.24) is 15.5 Å². The van der Waals surface area contributed by atoms with Crippen LogP contribution in [0.15, 0.2) is 48.5 Å². The summed E-state index contributed by atoms with van der Waals surface area (Å²) in [4.78, 5) is 0. The second kappa shape index (κ2) is 5.97. The first-order chi connectivity index (χ1) is 11.3. The zero-order chi connectivity index (χ0) is 15.6. The van der Waals surface area contributed by atoms with Crippen LogP contribution in [0.25, 0.3) is 22.0 Å². The topological polar surface area (TPSA) is 49.8 Å². The highest BCUT2D eigenvalue weighted by Gasteiger charge is 2.17. The number of anilines is 1. The molecule has 1 aliphatic rings. The lowest BCUT2D eigenvalue weighted by Gasteiger charge is -2.15. The third-order valence-electron chi connectivity index (χ3n) is 4.41. The van der Waals surface area contributed by atoms with Crippen molar-refractivity contribution in [2.24, 2.45) is 0 Å². The fourth-order valence-electron chi connectivity index (χ4n) is 3.11. The first-order valence-electron chi connectivity index (χ1n) is 8.11. The van der Waals surface area contributed by atoms with Crippen molar-refractivity contribution >= 4 is 16.6 Å². The minimum Gasteiger partial charge on any atom is -0.364 e. The molecule has 0 saturated carbocycles. The van der Waals surface area contributed by atoms with Gasteiger partial charge in [-0.3, -0.25) is 0 Å². The van der Waals surface area contributed by atoms with Crippen LogP contribution < -0.4 is 10.6 Å². The van der Waals surface area contributed by atoms with Crippen LogP contribution in [0.1, 0.15) is 12.0 Å². The molecule has 1 aliphatic heterocycles. The van der Waals surface area contributed by atoms with Crippen LogP contribution in [-0.2, 0) is 0 Å². The molecule has 4 heteroatoms. The molecule has 1 aromatic heterocycles. The maximum absolute atomic E-state index is 4.52. The monoisotopic (exact) mass is 304 g/mol. The van der Waals surface area contributed by atoms with Crippen molar-refractivity contribution in [3.05, 3.63) is 54.1 Å². The van der Waals surface area contributed by atoms with Gasteiger partial charge in [-0.1, -0.05) is 54.1 Å². The van der Waals surface area contributed by atoms with Crippen LogP contribution in [0.5, 0.6) is 0 Å². The molecule has 1 atom stereocenters. The predicted octanol–water partition coefficient (Wildman–Crippen LogP) is 3.38. The molecule has 23 heavy (non-hydrogen) atoms. The Balaban J connectivity index is 1.79. The Morgan fingerprint density at radius 3 is 2.52 bits per heavy atom. The van der Waals surface area contributed by atoms with Crippen LogP contribution >= 0.6 is 0 Å². The number of nitrogens with one attached hydrogen (secondary N) is 2. The molecule has 0 radical (unpaired) electrons. The van der Waals surface area contributed by atoms with E-state index in [1.54, 1.807) is 0 Å². The van der Waals surface area contributed by atoms with Crippen LogP contribution in [-0.4, -0.2) is 29.3 Å². The van der Waals surface area contributed by atoms with Crippen molar-refractivity contribution in [3.8, 4) is 11.3 Å². The number of rotatable bonds is 3. The maximum atomic E-state index is 4.52. The minimum atomic E-state index is 0.429. The summed E-state index contributed by atoms with van der Waals surface area (Å²) in [6.07, 6.45) is 1.12. The summed E-state index contributed by atoms with van der Waals surface area (Å²) in [6, 6.07) is 17.2. The van der Waals surface area contributed by atoms with E-state index in [1.807, 2.05) is 0 Å². The van der Waals surface area contributed by atoms with Crippen LogP contribution in [0.2, 0.25) is 0 Å². The van der Waals surface area contributed by atoms with E-state index in [-0.39, 0.29) is 0 Å². The van der Waals surface area contributed by atoms with Gasteiger partial charge >= 0.3 is 0 Å². The summed E-state index contributed by atoms with van der Waals surface area (Å²) in [5.74, 6) is 0.880. The SMILES string of the molecule is Cc1ccc(-c2nnc(NC3CCNC3)c3ccccc23)cc1. The molecule has 1 unspecified atom stereocenters. The minimum absolute atomic E-state index is 0.429. The summed E-state index contributed by atoms with van der Waals surface area (Å²) in [7, 11) is 0.